The molecule has 28 heavy (non-hydrogen) atoms. The average Bonchev–Trinajstić information content (AvgIpc) is 2.64. The molecule has 5 nitrogen and oxygen atoms in total. The number of carbonyl (C=O) groups excluding carboxylic acids is 1. The summed E-state index contributed by atoms with van der Waals surface area (Å²) in [6.07, 6.45) is 5.01. The molecular formula is C22H28ClNO4. The number of carbonyl (C=O) groups is 1. The summed E-state index contributed by atoms with van der Waals surface area (Å²) in [6.45, 7) is 6.34. The van der Waals surface area contributed by atoms with Crippen molar-refractivity contribution in [2.75, 3.05) is 6.61 Å². The molecule has 6 heteroatoms. The van der Waals surface area contributed by atoms with Crippen LogP contribution in [-0.4, -0.2) is 18.6 Å². The Morgan fingerprint density at radius 1 is 1.29 bits per heavy atom. The number of nitrogens with one attached hydrogen (secondary N) is 1. The van der Waals surface area contributed by atoms with Crippen LogP contribution >= 0.6 is 11.6 Å². The lowest BCUT2D eigenvalue weighted by atomic mass is 9.78. The van der Waals surface area contributed by atoms with Crippen LogP contribution in [0.1, 0.15) is 52.0 Å². The third kappa shape index (κ3) is 4.69. The number of hydrogen-bond acceptors (Lipinski definition) is 4. The van der Waals surface area contributed by atoms with E-state index in [9.17, 15) is 9.59 Å². The second-order valence-electron chi connectivity index (χ2n) is 7.85. The fraction of sp³-hybridized carbons (Fsp3) is 0.545. The van der Waals surface area contributed by atoms with E-state index in [4.69, 9.17) is 20.8 Å². The molecule has 2 aromatic rings. The molecule has 152 valence electrons. The molecule has 1 aromatic heterocycles. The van der Waals surface area contributed by atoms with Crippen molar-refractivity contribution in [3.8, 4) is 5.75 Å². The molecule has 1 heterocycles. The van der Waals surface area contributed by atoms with Crippen LogP contribution in [0, 0.1) is 11.8 Å². The molecule has 1 amide bonds. The zero-order valence-corrected chi connectivity index (χ0v) is 17.5. The van der Waals surface area contributed by atoms with Crippen molar-refractivity contribution in [1.82, 2.24) is 5.32 Å². The number of ether oxygens (including phenoxy) is 1. The van der Waals surface area contributed by atoms with Gasteiger partial charge < -0.3 is 14.5 Å². The highest BCUT2D eigenvalue weighted by Crippen LogP contribution is 2.32. The van der Waals surface area contributed by atoms with Gasteiger partial charge in [0.15, 0.2) is 6.61 Å². The van der Waals surface area contributed by atoms with E-state index >= 15 is 0 Å². The van der Waals surface area contributed by atoms with Gasteiger partial charge in [-0.1, -0.05) is 51.6 Å². The molecule has 1 N–H and O–H groups in total. The molecule has 0 radical (unpaired) electrons. The Morgan fingerprint density at radius 3 is 2.82 bits per heavy atom. The van der Waals surface area contributed by atoms with Crippen LogP contribution in [0.3, 0.4) is 0 Å². The summed E-state index contributed by atoms with van der Waals surface area (Å²) in [5, 5.41) is 4.27. The van der Waals surface area contributed by atoms with Crippen LogP contribution in [0.2, 0.25) is 5.02 Å². The van der Waals surface area contributed by atoms with Gasteiger partial charge in [0.05, 0.1) is 5.02 Å². The number of amides is 1. The Morgan fingerprint density at radius 2 is 2.07 bits per heavy atom. The smallest absolute Gasteiger partial charge is 0.336 e. The summed E-state index contributed by atoms with van der Waals surface area (Å²) >= 11 is 6.36. The molecule has 3 rings (SSSR count). The third-order valence-corrected chi connectivity index (χ3v) is 6.11. The van der Waals surface area contributed by atoms with Crippen molar-refractivity contribution < 1.29 is 13.9 Å². The van der Waals surface area contributed by atoms with Crippen LogP contribution in [0.25, 0.3) is 11.0 Å². The quantitative estimate of drug-likeness (QED) is 0.706. The van der Waals surface area contributed by atoms with Gasteiger partial charge in [0.1, 0.15) is 11.3 Å². The van der Waals surface area contributed by atoms with Gasteiger partial charge in [0, 0.05) is 23.6 Å². The highest BCUT2D eigenvalue weighted by atomic mass is 35.5. The van der Waals surface area contributed by atoms with Gasteiger partial charge in [-0.2, -0.15) is 0 Å². The van der Waals surface area contributed by atoms with Crippen molar-refractivity contribution in [1.29, 1.82) is 0 Å². The van der Waals surface area contributed by atoms with Crippen LogP contribution in [0.4, 0.5) is 0 Å². The van der Waals surface area contributed by atoms with Gasteiger partial charge in [-0.15, -0.1) is 0 Å². The molecule has 0 saturated heterocycles. The number of fused-ring (bicyclic) bond motifs is 1. The molecule has 0 unspecified atom stereocenters. The summed E-state index contributed by atoms with van der Waals surface area (Å²) < 4.78 is 10.9. The first-order valence-corrected chi connectivity index (χ1v) is 10.4. The topological polar surface area (TPSA) is 68.5 Å². The summed E-state index contributed by atoms with van der Waals surface area (Å²) in [5.41, 5.74) is 0.924. The van der Waals surface area contributed by atoms with Crippen molar-refractivity contribution in [2.45, 2.75) is 58.9 Å². The largest absolute Gasteiger partial charge is 0.482 e. The second kappa shape index (κ2) is 8.99. The Balaban J connectivity index is 1.71. The molecule has 1 aromatic carbocycles. The molecule has 1 saturated carbocycles. The molecule has 0 aliphatic heterocycles. The molecule has 1 fully saturated rings. The van der Waals surface area contributed by atoms with Crippen molar-refractivity contribution in [3.05, 3.63) is 39.2 Å². The number of rotatable bonds is 6. The molecular weight excluding hydrogens is 378 g/mol. The third-order valence-electron chi connectivity index (χ3n) is 5.81. The summed E-state index contributed by atoms with van der Waals surface area (Å²) in [5.74, 6) is 1.23. The first-order valence-electron chi connectivity index (χ1n) is 10.1. The SMILES string of the molecule is CCCc1cc(=O)oc2cc(OCC(=O)N[C@@H]3CCC[C@@H](C)[C@H]3C)c(Cl)cc12. The number of benzene rings is 1. The van der Waals surface area contributed by atoms with E-state index in [0.717, 1.165) is 36.6 Å². The summed E-state index contributed by atoms with van der Waals surface area (Å²) in [6, 6.07) is 5.02. The fourth-order valence-corrected chi connectivity index (χ4v) is 4.21. The standard InChI is InChI=1S/C22H28ClNO4/c1-4-6-15-9-22(26)28-19-11-20(17(23)10-16(15)19)27-12-21(25)24-18-8-5-7-13(2)14(18)3/h9-11,13-14,18H,4-8,12H2,1-3H3,(H,24,25)/t13-,14-,18-/m1/s1. The van der Waals surface area contributed by atoms with E-state index in [2.05, 4.69) is 19.2 Å². The van der Waals surface area contributed by atoms with Crippen LogP contribution in [0.5, 0.6) is 5.75 Å². The predicted molar refractivity (Wildman–Crippen MR) is 111 cm³/mol. The molecule has 1 aliphatic carbocycles. The highest BCUT2D eigenvalue weighted by molar-refractivity contribution is 6.32. The van der Waals surface area contributed by atoms with Gasteiger partial charge in [0.25, 0.3) is 5.91 Å². The number of aryl methyl sites for hydroxylation is 1. The molecule has 1 aliphatic rings. The Bertz CT molecular complexity index is 907. The van der Waals surface area contributed by atoms with Gasteiger partial charge >= 0.3 is 5.63 Å². The lowest BCUT2D eigenvalue weighted by Crippen LogP contribution is -2.45. The molecule has 3 atom stereocenters. The lowest BCUT2D eigenvalue weighted by Gasteiger charge is -2.34. The maximum Gasteiger partial charge on any atom is 0.336 e. The van der Waals surface area contributed by atoms with Crippen LogP contribution < -0.4 is 15.7 Å². The Hall–Kier alpha value is -2.01. The Kier molecular flexibility index (Phi) is 6.65. The fourth-order valence-electron chi connectivity index (χ4n) is 3.99. The van der Waals surface area contributed by atoms with Gasteiger partial charge in [-0.25, -0.2) is 4.79 Å². The van der Waals surface area contributed by atoms with Gasteiger partial charge in [0.2, 0.25) is 0 Å². The average molecular weight is 406 g/mol. The Labute approximate surface area is 170 Å². The highest BCUT2D eigenvalue weighted by Gasteiger charge is 2.28. The number of halogens is 1. The van der Waals surface area contributed by atoms with E-state index < -0.39 is 5.63 Å². The minimum atomic E-state index is -0.401. The van der Waals surface area contributed by atoms with Gasteiger partial charge in [-0.05, 0) is 36.3 Å². The monoisotopic (exact) mass is 405 g/mol. The van der Waals surface area contributed by atoms with Gasteiger partial charge in [-0.3, -0.25) is 4.79 Å². The lowest BCUT2D eigenvalue weighted by molar-refractivity contribution is -0.124. The van der Waals surface area contributed by atoms with Crippen molar-refractivity contribution in [3.63, 3.8) is 0 Å². The van der Waals surface area contributed by atoms with E-state index in [-0.39, 0.29) is 18.6 Å². The number of hydrogen-bond donors (Lipinski definition) is 1. The van der Waals surface area contributed by atoms with E-state index in [0.29, 0.717) is 28.2 Å². The normalized spacial score (nSPS) is 22.2. The maximum absolute atomic E-state index is 12.4. The first kappa shape index (κ1) is 20.7. The minimum absolute atomic E-state index is 0.123. The van der Waals surface area contributed by atoms with E-state index in [1.807, 2.05) is 6.92 Å². The molecule has 0 bridgehead atoms. The second-order valence-corrected chi connectivity index (χ2v) is 8.26. The van der Waals surface area contributed by atoms with Crippen LogP contribution in [-0.2, 0) is 11.2 Å². The summed E-state index contributed by atoms with van der Waals surface area (Å²) in [4.78, 5) is 24.2. The minimum Gasteiger partial charge on any atom is -0.482 e. The van der Waals surface area contributed by atoms with Crippen molar-refractivity contribution >= 4 is 28.5 Å². The van der Waals surface area contributed by atoms with E-state index in [1.165, 1.54) is 12.5 Å². The zero-order chi connectivity index (χ0) is 20.3. The first-order chi connectivity index (χ1) is 13.4. The summed E-state index contributed by atoms with van der Waals surface area (Å²) in [7, 11) is 0. The maximum atomic E-state index is 12.4. The zero-order valence-electron chi connectivity index (χ0n) is 16.7. The van der Waals surface area contributed by atoms with E-state index in [1.54, 1.807) is 12.1 Å². The van der Waals surface area contributed by atoms with Crippen molar-refractivity contribution in [2.24, 2.45) is 11.8 Å². The molecule has 0 spiro atoms. The predicted octanol–water partition coefficient (Wildman–Crippen LogP) is 4.72. The van der Waals surface area contributed by atoms with Crippen LogP contribution in [0.15, 0.2) is 27.4 Å².